The van der Waals surface area contributed by atoms with Gasteiger partial charge in [-0.15, -0.1) is 0 Å². The zero-order valence-corrected chi connectivity index (χ0v) is 71.4. The van der Waals surface area contributed by atoms with Gasteiger partial charge in [-0.3, -0.25) is 43.7 Å². The molecule has 2 saturated heterocycles. The van der Waals surface area contributed by atoms with E-state index in [4.69, 9.17) is 57.4 Å². The molecule has 0 aromatic heterocycles. The topological polar surface area (TPSA) is 501 Å². The summed E-state index contributed by atoms with van der Waals surface area (Å²) in [6, 6.07) is 12.6. The Morgan fingerprint density at radius 1 is 0.680 bits per heavy atom. The van der Waals surface area contributed by atoms with Crippen LogP contribution >= 0.6 is 23.2 Å². The molecule has 4 saturated carbocycles. The number of phenolic OH excluding ortho intramolecular Hbond substituents is 3. The number of ketones is 3. The van der Waals surface area contributed by atoms with Crippen molar-refractivity contribution < 1.29 is 118 Å². The van der Waals surface area contributed by atoms with E-state index in [1.54, 1.807) is 31.2 Å². The van der Waals surface area contributed by atoms with Crippen molar-refractivity contribution >= 4 is 87.5 Å². The van der Waals surface area contributed by atoms with Gasteiger partial charge < -0.3 is 112 Å². The number of phenols is 3. The summed E-state index contributed by atoms with van der Waals surface area (Å²) >= 11 is 14.6. The van der Waals surface area contributed by atoms with E-state index in [0.29, 0.717) is 24.8 Å². The lowest BCUT2D eigenvalue weighted by Crippen LogP contribution is -2.64. The number of ether oxygens (including phenoxy) is 6. The largest absolute Gasteiger partial charge is 0.508 e. The Balaban J connectivity index is 0.955. The molecule has 18 N–H and O–H groups in total. The van der Waals surface area contributed by atoms with E-state index in [9.17, 15) is 60.3 Å². The average molecular weight is 1770 g/mol. The maximum atomic E-state index is 16.8. The molecule has 0 spiro atoms. The summed E-state index contributed by atoms with van der Waals surface area (Å²) in [5, 5.41) is 125. The SMILES string of the molecule is CCCCNc1ccc(NC(=O)NC(=O)C[C@@H]2CC(=O)[C@H](NC(=O)[C@H](CC)CC(C)C)[C@H](O)c3ccc(c(Cl)c3)Oc3cc4cc(c3O[C@@H]3O[C@H](CO)[C@@H](O)[C@H](O)[C@H]3O[C@H]3C[C@](C)(N)[C@H](O)[C@H](C)O3)Oc3ccc(cc3Cl)[C@@H](O)[C@@H]3NC(=O)[C@H](CC(=O)[C@@H]4NC2=O)c2ccc(O)c(c2)-c2c(O)cc(O)cc2[C@@H](C(=O)CC2C4CC5CC(C4)CC2C5)NC3=O)cc1. The number of nitrogens with one attached hydrogen (secondary N) is 7. The number of hydrogen-bond donors (Lipinski definition) is 17. The molecule has 6 aromatic carbocycles. The molecule has 6 aromatic rings. The minimum Gasteiger partial charge on any atom is -0.508 e. The number of carbonyl (C=O) groups is 9. The highest BCUT2D eigenvalue weighted by molar-refractivity contribution is 6.32. The van der Waals surface area contributed by atoms with Crippen molar-refractivity contribution in [1.29, 1.82) is 0 Å². The van der Waals surface area contributed by atoms with Gasteiger partial charge in [-0.2, -0.15) is 0 Å². The normalized spacial score (nSPS) is 30.5. The molecule has 15 bridgehead atoms. The van der Waals surface area contributed by atoms with Crippen molar-refractivity contribution in [2.45, 2.75) is 228 Å². The number of nitrogens with two attached hydrogens (primary N) is 1. The van der Waals surface area contributed by atoms with Gasteiger partial charge in [0.05, 0.1) is 40.7 Å². The summed E-state index contributed by atoms with van der Waals surface area (Å²) in [4.78, 5) is 140. The van der Waals surface area contributed by atoms with E-state index in [1.807, 2.05) is 20.8 Å². The predicted molar refractivity (Wildman–Crippen MR) is 453 cm³/mol. The van der Waals surface area contributed by atoms with E-state index in [1.165, 1.54) is 62.4 Å². The van der Waals surface area contributed by atoms with Crippen LogP contribution in [0.5, 0.6) is 46.0 Å². The van der Waals surface area contributed by atoms with Gasteiger partial charge in [0, 0.05) is 78.7 Å². The van der Waals surface area contributed by atoms with Crippen LogP contribution in [0.25, 0.3) is 11.1 Å². The third-order valence-electron chi connectivity index (χ3n) is 25.8. The number of aliphatic hydroxyl groups is 6. The van der Waals surface area contributed by atoms with Crippen molar-refractivity contribution in [1.82, 2.24) is 26.6 Å². The van der Waals surface area contributed by atoms with Crippen LogP contribution in [0.3, 0.4) is 0 Å². The average Bonchev–Trinajstić information content (AvgIpc) is 0.756. The fourth-order valence-electron chi connectivity index (χ4n) is 19.4. The lowest BCUT2D eigenvalue weighted by atomic mass is 9.51. The number of amides is 7. The number of Topliss-reactive ketones (excluding diaryl/α,β-unsaturated/α-hetero) is 3. The number of unbranched alkanes of at least 4 members (excludes halogenated alkanes) is 1. The molecule has 0 radical (unpaired) electrons. The third-order valence-corrected chi connectivity index (χ3v) is 26.4. The summed E-state index contributed by atoms with van der Waals surface area (Å²) in [6.07, 6.45) is -13.8. The smallest absolute Gasteiger partial charge is 0.325 e. The first-order valence-corrected chi connectivity index (χ1v) is 43.5. The number of anilines is 2. The summed E-state index contributed by atoms with van der Waals surface area (Å²) in [6.45, 7) is 10.3. The van der Waals surface area contributed by atoms with Crippen LogP contribution in [0.4, 0.5) is 16.2 Å². The van der Waals surface area contributed by atoms with Gasteiger partial charge in [-0.05, 0) is 207 Å². The first-order chi connectivity index (χ1) is 59.5. The number of hydrogen-bond acceptors (Lipinski definition) is 26. The van der Waals surface area contributed by atoms with Crippen LogP contribution in [0, 0.1) is 47.3 Å². The molecule has 7 aliphatic heterocycles. The molecule has 11 aliphatic rings. The highest BCUT2D eigenvalue weighted by atomic mass is 35.5. The van der Waals surface area contributed by atoms with Crippen LogP contribution in [0.15, 0.2) is 103 Å². The summed E-state index contributed by atoms with van der Waals surface area (Å²) in [5.74, 6) is -16.2. The lowest BCUT2D eigenvalue weighted by Gasteiger charge is -2.54. The third kappa shape index (κ3) is 20.0. The maximum Gasteiger partial charge on any atom is 0.325 e. The number of urea groups is 1. The van der Waals surface area contributed by atoms with Crippen LogP contribution in [-0.4, -0.2) is 179 Å². The number of halogens is 2. The summed E-state index contributed by atoms with van der Waals surface area (Å²) < 4.78 is 39.3. The van der Waals surface area contributed by atoms with E-state index < -0.39 is 222 Å². The van der Waals surface area contributed by atoms with E-state index in [-0.39, 0.29) is 109 Å². The molecule has 34 heteroatoms. The number of aliphatic hydroxyl groups excluding tert-OH is 6. The molecule has 18 atom stereocenters. The van der Waals surface area contributed by atoms with Crippen molar-refractivity contribution in [3.63, 3.8) is 0 Å². The Morgan fingerprint density at radius 2 is 1.32 bits per heavy atom. The predicted octanol–water partition coefficient (Wildman–Crippen LogP) is 9.54. The first kappa shape index (κ1) is 91.2. The highest BCUT2D eigenvalue weighted by Crippen LogP contribution is 2.59. The maximum absolute atomic E-state index is 16.8. The summed E-state index contributed by atoms with van der Waals surface area (Å²) in [7, 11) is 0. The lowest BCUT2D eigenvalue weighted by molar-refractivity contribution is -0.333. The number of benzene rings is 6. The van der Waals surface area contributed by atoms with Gasteiger partial charge in [0.25, 0.3) is 0 Å². The zero-order chi connectivity index (χ0) is 89.5. The minimum absolute atomic E-state index is 0.0514. The van der Waals surface area contributed by atoms with Gasteiger partial charge in [0.15, 0.2) is 41.2 Å². The Labute approximate surface area is 731 Å². The second-order valence-electron chi connectivity index (χ2n) is 35.4. The molecule has 17 rings (SSSR count). The molecule has 670 valence electrons. The van der Waals surface area contributed by atoms with Crippen molar-refractivity contribution in [2.75, 3.05) is 23.8 Å². The quantitative estimate of drug-likeness (QED) is 0.0316. The minimum atomic E-state index is -2.25. The first-order valence-electron chi connectivity index (χ1n) is 42.7. The molecule has 4 aliphatic carbocycles. The highest BCUT2D eigenvalue weighted by Gasteiger charge is 2.53. The molecular formula is C91H108Cl2N8O24. The van der Waals surface area contributed by atoms with Crippen LogP contribution in [-0.2, 0) is 52.6 Å². The van der Waals surface area contributed by atoms with Gasteiger partial charge in [-0.25, -0.2) is 4.79 Å². The van der Waals surface area contributed by atoms with Gasteiger partial charge in [0.2, 0.25) is 41.6 Å². The molecule has 7 amide bonds. The van der Waals surface area contributed by atoms with Crippen LogP contribution in [0.1, 0.15) is 189 Å². The number of carbonyl (C=O) groups excluding carboxylic acids is 9. The number of imide groups is 1. The second kappa shape index (κ2) is 38.2. The van der Waals surface area contributed by atoms with Gasteiger partial charge >= 0.3 is 6.03 Å². The standard InChI is InChI=1S/C91H108Cl2N8O24/c1-7-9-20-95-52-13-15-53(16-14-52)96-90(119)97-71(109)33-51-30-63(106)76(100-85(115)44(8-2)21-40(3)4)78(110)46-11-18-66(59(92)28-46)121-68-31-50-32-69(82(68)125-89-83(81(113)80(112)70(39-102)123-89)124-72-38-91(6,94)84(114)41(5)120-72)122-67-19-12-47(29-60(67)93)79(111)77-88(118)99-75(65(108)36-55-48-23-42-22-43(25-48)26-49(55)24-42)58-34-54(103)35-62(105)73(58)57-27-45(10-17-61(57)104)56(87(117)101-77)37-64(107)74(50)98-86(51)116/h10-19,27-29,31-32,34-35,40-44,48-49,51,55-56,70,72,74-81,83-84,89,95,102-105,110-114H,7-9,20-26,30,33,36-39,94H2,1-6H3,(H,98,116)(H,99,118)(H,100,115)(H,101,117)(H2,96,97,109,119)/t41-,42?,43?,44+,48?,49?,51-,55?,56+,70+,72-,74+,75-,76-,77-,78+,79+,80+,81-,83+,84+,89-,91-/m0/s1. The Bertz CT molecular complexity index is 5070. The summed E-state index contributed by atoms with van der Waals surface area (Å²) in [5.41, 5.74) is 4.52. The number of aromatic hydroxyl groups is 3. The Morgan fingerprint density at radius 3 is 1.94 bits per heavy atom. The Kier molecular flexibility index (Phi) is 27.9. The van der Waals surface area contributed by atoms with Crippen LogP contribution in [0.2, 0.25) is 10.0 Å². The van der Waals surface area contributed by atoms with Gasteiger partial charge in [0.1, 0.15) is 83.4 Å². The van der Waals surface area contributed by atoms with Crippen molar-refractivity contribution in [3.8, 4) is 57.1 Å². The molecule has 125 heavy (non-hydrogen) atoms. The van der Waals surface area contributed by atoms with E-state index >= 15 is 28.8 Å². The van der Waals surface area contributed by atoms with Crippen molar-refractivity contribution in [2.24, 2.45) is 53.1 Å². The molecule has 7 heterocycles. The second-order valence-corrected chi connectivity index (χ2v) is 36.2. The molecule has 32 nitrogen and oxygen atoms in total. The van der Waals surface area contributed by atoms with E-state index in [2.05, 4.69) is 37.2 Å². The van der Waals surface area contributed by atoms with Crippen LogP contribution < -0.4 is 57.2 Å². The van der Waals surface area contributed by atoms with Gasteiger partial charge in [-0.1, -0.05) is 75.5 Å². The molecule has 0 unspecified atom stereocenters. The van der Waals surface area contributed by atoms with E-state index in [0.717, 1.165) is 81.0 Å². The number of rotatable bonds is 20. The Hall–Kier alpha value is -10.1. The molecule has 6 fully saturated rings. The zero-order valence-electron chi connectivity index (χ0n) is 69.9. The fourth-order valence-corrected chi connectivity index (χ4v) is 19.9. The number of fused-ring (bicyclic) bond motifs is 15. The van der Waals surface area contributed by atoms with Crippen molar-refractivity contribution in [3.05, 3.63) is 141 Å². The fraction of sp³-hybridized carbons (Fsp3) is 0.505. The monoisotopic (exact) mass is 1770 g/mol. The molecular weight excluding hydrogens is 1660 g/mol.